The zero-order chi connectivity index (χ0) is 22.2. The van der Waals surface area contributed by atoms with Crippen LogP contribution in [0.15, 0.2) is 67.3 Å². The predicted octanol–water partition coefficient (Wildman–Crippen LogP) is 3.12. The van der Waals surface area contributed by atoms with Crippen molar-refractivity contribution in [3.8, 4) is 0 Å². The molecule has 3 rings (SSSR count). The summed E-state index contributed by atoms with van der Waals surface area (Å²) in [6, 6.07) is 16.3. The lowest BCUT2D eigenvalue weighted by Crippen LogP contribution is -2.41. The van der Waals surface area contributed by atoms with Gasteiger partial charge in [-0.25, -0.2) is 14.5 Å². The summed E-state index contributed by atoms with van der Waals surface area (Å²) in [6.07, 6.45) is 2.88. The van der Waals surface area contributed by atoms with Gasteiger partial charge >= 0.3 is 6.03 Å². The molecule has 1 aromatic heterocycles. The molecule has 0 radical (unpaired) electrons. The highest BCUT2D eigenvalue weighted by Crippen LogP contribution is 2.16. The third-order valence-electron chi connectivity index (χ3n) is 5.01. The molecule has 162 valence electrons. The number of rotatable bonds is 8. The molecule has 0 unspecified atom stereocenters. The van der Waals surface area contributed by atoms with Crippen LogP contribution in [0.1, 0.15) is 19.9 Å². The molecule has 1 heterocycles. The Kier molecular flexibility index (Phi) is 7.21. The normalized spacial score (nSPS) is 12.5. The number of benzene rings is 2. The number of para-hydroxylation sites is 1. The first-order valence-electron chi connectivity index (χ1n) is 10.0. The molecule has 0 aliphatic heterocycles. The number of carbonyl (C=O) groups is 2. The predicted molar refractivity (Wildman–Crippen MR) is 121 cm³/mol. The molecular weight excluding hydrogens is 394 g/mol. The fourth-order valence-corrected chi connectivity index (χ4v) is 2.89. The van der Waals surface area contributed by atoms with Gasteiger partial charge in [-0.1, -0.05) is 18.2 Å². The summed E-state index contributed by atoms with van der Waals surface area (Å²) in [5.41, 5.74) is 2.35. The molecule has 0 fully saturated rings. The number of nitrogens with one attached hydrogen (secondary N) is 3. The SMILES string of the molecule is C[C@@H](CNC(=O)Nc1ccc(NC(=O)[C@H](C)n2cncn2)cc1)N(C)c1ccccc1. The van der Waals surface area contributed by atoms with Crippen molar-refractivity contribution < 1.29 is 9.59 Å². The quantitative estimate of drug-likeness (QED) is 0.518. The van der Waals surface area contributed by atoms with Crippen molar-refractivity contribution in [3.05, 3.63) is 67.3 Å². The van der Waals surface area contributed by atoms with Crippen LogP contribution in [-0.4, -0.2) is 46.3 Å². The van der Waals surface area contributed by atoms with Crippen molar-refractivity contribution in [2.24, 2.45) is 0 Å². The molecule has 31 heavy (non-hydrogen) atoms. The third-order valence-corrected chi connectivity index (χ3v) is 5.01. The van der Waals surface area contributed by atoms with Gasteiger partial charge in [0.1, 0.15) is 18.7 Å². The minimum absolute atomic E-state index is 0.123. The number of urea groups is 1. The van der Waals surface area contributed by atoms with Gasteiger partial charge in [0.05, 0.1) is 0 Å². The molecule has 3 N–H and O–H groups in total. The number of hydrogen-bond acceptors (Lipinski definition) is 5. The number of hydrogen-bond donors (Lipinski definition) is 3. The van der Waals surface area contributed by atoms with Gasteiger partial charge in [-0.2, -0.15) is 5.10 Å². The Balaban J connectivity index is 1.46. The maximum atomic E-state index is 12.3. The van der Waals surface area contributed by atoms with Gasteiger partial charge in [0.25, 0.3) is 0 Å². The van der Waals surface area contributed by atoms with E-state index in [0.717, 1.165) is 5.69 Å². The average molecular weight is 422 g/mol. The lowest BCUT2D eigenvalue weighted by Gasteiger charge is -2.27. The molecular formula is C22H27N7O2. The molecule has 3 aromatic rings. The fourth-order valence-electron chi connectivity index (χ4n) is 2.89. The van der Waals surface area contributed by atoms with Gasteiger partial charge in [0.15, 0.2) is 0 Å². The van der Waals surface area contributed by atoms with Gasteiger partial charge in [0.2, 0.25) is 5.91 Å². The smallest absolute Gasteiger partial charge is 0.319 e. The summed E-state index contributed by atoms with van der Waals surface area (Å²) in [7, 11) is 2.00. The molecule has 0 bridgehead atoms. The number of amides is 3. The van der Waals surface area contributed by atoms with Crippen LogP contribution >= 0.6 is 0 Å². The van der Waals surface area contributed by atoms with Crippen LogP contribution in [-0.2, 0) is 4.79 Å². The highest BCUT2D eigenvalue weighted by atomic mass is 16.2. The highest BCUT2D eigenvalue weighted by molar-refractivity contribution is 5.94. The topological polar surface area (TPSA) is 104 Å². The molecule has 0 aliphatic carbocycles. The van der Waals surface area contributed by atoms with Gasteiger partial charge in [-0.15, -0.1) is 0 Å². The summed E-state index contributed by atoms with van der Waals surface area (Å²) in [4.78, 5) is 30.5. The molecule has 3 amide bonds. The second kappa shape index (κ2) is 10.2. The van der Waals surface area contributed by atoms with Crippen molar-refractivity contribution in [1.82, 2.24) is 20.1 Å². The standard InChI is InChI=1S/C22H27N7O2/c1-16(28(3)20-7-5-4-6-8-20)13-24-22(31)27-19-11-9-18(10-12-19)26-21(30)17(2)29-15-23-14-25-29/h4-12,14-17H,13H2,1-3H3,(H,26,30)(H2,24,27,31)/t16-,17-/m0/s1. The van der Waals surface area contributed by atoms with Crippen LogP contribution in [0.25, 0.3) is 0 Å². The van der Waals surface area contributed by atoms with Crippen LogP contribution < -0.4 is 20.9 Å². The summed E-state index contributed by atoms with van der Waals surface area (Å²) >= 11 is 0. The molecule has 2 aromatic carbocycles. The van der Waals surface area contributed by atoms with Crippen LogP contribution in [0, 0.1) is 0 Å². The van der Waals surface area contributed by atoms with Gasteiger partial charge in [0, 0.05) is 36.7 Å². The first kappa shape index (κ1) is 21.8. The largest absolute Gasteiger partial charge is 0.370 e. The van der Waals surface area contributed by atoms with E-state index in [-0.39, 0.29) is 18.0 Å². The number of likely N-dealkylation sites (N-methyl/N-ethyl adjacent to an activating group) is 1. The Hall–Kier alpha value is -3.88. The van der Waals surface area contributed by atoms with Gasteiger partial charge in [-0.05, 0) is 50.2 Å². The average Bonchev–Trinajstić information content (AvgIpc) is 3.33. The van der Waals surface area contributed by atoms with E-state index in [2.05, 4.69) is 30.9 Å². The maximum Gasteiger partial charge on any atom is 0.319 e. The van der Waals surface area contributed by atoms with E-state index < -0.39 is 6.04 Å². The summed E-state index contributed by atoms with van der Waals surface area (Å²) in [6.45, 7) is 4.27. The molecule has 0 saturated heterocycles. The first-order valence-corrected chi connectivity index (χ1v) is 10.0. The molecule has 2 atom stereocenters. The Morgan fingerprint density at radius 3 is 2.26 bits per heavy atom. The second-order valence-electron chi connectivity index (χ2n) is 7.25. The summed E-state index contributed by atoms with van der Waals surface area (Å²) in [5, 5.41) is 12.5. The number of nitrogens with zero attached hydrogens (tertiary/aromatic N) is 4. The second-order valence-corrected chi connectivity index (χ2v) is 7.25. The summed E-state index contributed by atoms with van der Waals surface area (Å²) in [5.74, 6) is -0.208. The highest BCUT2D eigenvalue weighted by Gasteiger charge is 2.15. The molecule has 9 heteroatoms. The van der Waals surface area contributed by atoms with Crippen molar-refractivity contribution in [3.63, 3.8) is 0 Å². The number of carbonyl (C=O) groups excluding carboxylic acids is 2. The van der Waals surface area contributed by atoms with E-state index >= 15 is 0 Å². The van der Waals surface area contributed by atoms with E-state index in [9.17, 15) is 9.59 Å². The Morgan fingerprint density at radius 1 is 1.00 bits per heavy atom. The van der Waals surface area contributed by atoms with E-state index in [1.54, 1.807) is 31.2 Å². The molecule has 0 aliphatic rings. The van der Waals surface area contributed by atoms with Crippen molar-refractivity contribution >= 4 is 29.0 Å². The Labute approximate surface area is 181 Å². The van der Waals surface area contributed by atoms with E-state index in [4.69, 9.17) is 0 Å². The van der Waals surface area contributed by atoms with Crippen molar-refractivity contribution in [2.45, 2.75) is 25.9 Å². The third kappa shape index (κ3) is 6.05. The monoisotopic (exact) mass is 421 g/mol. The zero-order valence-corrected chi connectivity index (χ0v) is 17.8. The minimum Gasteiger partial charge on any atom is -0.370 e. The van der Waals surface area contributed by atoms with Gasteiger partial charge < -0.3 is 20.9 Å². The molecule has 0 saturated carbocycles. The zero-order valence-electron chi connectivity index (χ0n) is 17.8. The Bertz CT molecular complexity index is 975. The van der Waals surface area contributed by atoms with Crippen molar-refractivity contribution in [1.29, 1.82) is 0 Å². The Morgan fingerprint density at radius 2 is 1.65 bits per heavy atom. The van der Waals surface area contributed by atoms with Crippen LogP contribution in [0.4, 0.5) is 21.9 Å². The van der Waals surface area contributed by atoms with Crippen LogP contribution in [0.3, 0.4) is 0 Å². The molecule has 9 nitrogen and oxygen atoms in total. The fraction of sp³-hybridized carbons (Fsp3) is 0.273. The minimum atomic E-state index is -0.484. The summed E-state index contributed by atoms with van der Waals surface area (Å²) < 4.78 is 1.48. The number of aromatic nitrogens is 3. The lowest BCUT2D eigenvalue weighted by molar-refractivity contribution is -0.119. The molecule has 0 spiro atoms. The van der Waals surface area contributed by atoms with Crippen molar-refractivity contribution in [2.75, 3.05) is 29.1 Å². The number of anilines is 3. The van der Waals surface area contributed by atoms with Crippen LogP contribution in [0.2, 0.25) is 0 Å². The van der Waals surface area contributed by atoms with Gasteiger partial charge in [-0.3, -0.25) is 4.79 Å². The first-order chi connectivity index (χ1) is 14.9. The maximum absolute atomic E-state index is 12.3. The van der Waals surface area contributed by atoms with E-state index in [0.29, 0.717) is 17.9 Å². The lowest BCUT2D eigenvalue weighted by atomic mass is 10.2. The van der Waals surface area contributed by atoms with E-state index in [1.165, 1.54) is 17.3 Å². The van der Waals surface area contributed by atoms with Crippen LogP contribution in [0.5, 0.6) is 0 Å². The van der Waals surface area contributed by atoms with E-state index in [1.807, 2.05) is 44.3 Å².